The summed E-state index contributed by atoms with van der Waals surface area (Å²) in [5.41, 5.74) is 1.69. The van der Waals surface area contributed by atoms with Gasteiger partial charge in [-0.3, -0.25) is 4.79 Å². The van der Waals surface area contributed by atoms with E-state index in [9.17, 15) is 14.4 Å². The first-order valence-electron chi connectivity index (χ1n) is 9.94. The Kier molecular flexibility index (Phi) is 8.88. The van der Waals surface area contributed by atoms with Crippen molar-refractivity contribution in [1.82, 2.24) is 14.8 Å². The molecule has 0 radical (unpaired) electrons. The van der Waals surface area contributed by atoms with E-state index in [-0.39, 0.29) is 31.5 Å². The van der Waals surface area contributed by atoms with Gasteiger partial charge in [-0.15, -0.1) is 0 Å². The number of aromatic nitrogens is 1. The fourth-order valence-electron chi connectivity index (χ4n) is 3.27. The first-order valence-corrected chi connectivity index (χ1v) is 9.94. The van der Waals surface area contributed by atoms with E-state index in [0.717, 1.165) is 0 Å². The highest BCUT2D eigenvalue weighted by atomic mass is 16.5. The SMILES string of the molecule is CCOC(=O)c1c(C)c(C(=O)CN(CCOC)C(=O)NC(C)(C)C)c(C)n1CC. The smallest absolute Gasteiger partial charge is 0.355 e. The number of ether oxygens (including phenoxy) is 2. The van der Waals surface area contributed by atoms with Crippen molar-refractivity contribution in [3.8, 4) is 0 Å². The van der Waals surface area contributed by atoms with Crippen molar-refractivity contribution in [1.29, 1.82) is 0 Å². The Morgan fingerprint density at radius 3 is 2.24 bits per heavy atom. The number of hydrogen-bond donors (Lipinski definition) is 1. The molecule has 0 aromatic carbocycles. The highest BCUT2D eigenvalue weighted by molar-refractivity contribution is 6.04. The molecule has 1 heterocycles. The minimum absolute atomic E-state index is 0.108. The Hall–Kier alpha value is -2.35. The van der Waals surface area contributed by atoms with Crippen LogP contribution in [-0.4, -0.2) is 66.2 Å². The lowest BCUT2D eigenvalue weighted by Crippen LogP contribution is -2.50. The van der Waals surface area contributed by atoms with Crippen molar-refractivity contribution >= 4 is 17.8 Å². The summed E-state index contributed by atoms with van der Waals surface area (Å²) in [5, 5.41) is 2.88. The van der Waals surface area contributed by atoms with Gasteiger partial charge in [-0.25, -0.2) is 9.59 Å². The van der Waals surface area contributed by atoms with E-state index in [1.165, 1.54) is 4.90 Å². The largest absolute Gasteiger partial charge is 0.461 e. The molecular formula is C21H35N3O5. The predicted octanol–water partition coefficient (Wildman–Crippen LogP) is 2.94. The second-order valence-corrected chi connectivity index (χ2v) is 7.92. The van der Waals surface area contributed by atoms with Crippen LogP contribution in [0.2, 0.25) is 0 Å². The molecule has 0 atom stereocenters. The maximum Gasteiger partial charge on any atom is 0.355 e. The lowest BCUT2D eigenvalue weighted by molar-refractivity contribution is 0.0512. The Balaban J connectivity index is 3.23. The summed E-state index contributed by atoms with van der Waals surface area (Å²) in [7, 11) is 1.54. The van der Waals surface area contributed by atoms with Crippen LogP contribution in [0.1, 0.15) is 66.7 Å². The summed E-state index contributed by atoms with van der Waals surface area (Å²) >= 11 is 0. The number of Topliss-reactive ketones (excluding diaryl/α,β-unsaturated/α-hetero) is 1. The number of esters is 1. The average Bonchev–Trinajstić information content (AvgIpc) is 2.86. The molecule has 0 unspecified atom stereocenters. The van der Waals surface area contributed by atoms with Crippen LogP contribution >= 0.6 is 0 Å². The number of urea groups is 1. The van der Waals surface area contributed by atoms with E-state index < -0.39 is 11.5 Å². The molecule has 8 nitrogen and oxygen atoms in total. The topological polar surface area (TPSA) is 89.9 Å². The summed E-state index contributed by atoms with van der Waals surface area (Å²) in [5.74, 6) is -0.673. The Morgan fingerprint density at radius 1 is 1.14 bits per heavy atom. The van der Waals surface area contributed by atoms with Gasteiger partial charge in [-0.1, -0.05) is 0 Å². The highest BCUT2D eigenvalue weighted by Crippen LogP contribution is 2.24. The average molecular weight is 410 g/mol. The number of hydrogen-bond acceptors (Lipinski definition) is 5. The second-order valence-electron chi connectivity index (χ2n) is 7.92. The van der Waals surface area contributed by atoms with E-state index >= 15 is 0 Å². The van der Waals surface area contributed by atoms with Crippen LogP contribution in [0.3, 0.4) is 0 Å². The van der Waals surface area contributed by atoms with Gasteiger partial charge < -0.3 is 24.3 Å². The lowest BCUT2D eigenvalue weighted by atomic mass is 10.1. The molecule has 0 spiro atoms. The van der Waals surface area contributed by atoms with Crippen molar-refractivity contribution in [2.45, 2.75) is 60.5 Å². The third kappa shape index (κ3) is 6.32. The van der Waals surface area contributed by atoms with Gasteiger partial charge in [0.25, 0.3) is 0 Å². The minimum atomic E-state index is -0.448. The van der Waals surface area contributed by atoms with Crippen molar-refractivity contribution in [2.75, 3.05) is 33.4 Å². The molecule has 164 valence electrons. The number of carbonyl (C=O) groups excluding carboxylic acids is 3. The minimum Gasteiger partial charge on any atom is -0.461 e. The number of nitrogens with zero attached hydrogens (tertiary/aromatic N) is 2. The van der Waals surface area contributed by atoms with Gasteiger partial charge in [-0.05, 0) is 54.0 Å². The molecule has 0 aliphatic carbocycles. The Morgan fingerprint density at radius 2 is 1.76 bits per heavy atom. The number of nitrogens with one attached hydrogen (secondary N) is 1. The van der Waals surface area contributed by atoms with Crippen molar-refractivity contribution in [3.63, 3.8) is 0 Å². The first kappa shape index (κ1) is 24.7. The van der Waals surface area contributed by atoms with Gasteiger partial charge in [0.05, 0.1) is 19.8 Å². The normalized spacial score (nSPS) is 11.3. The molecule has 0 bridgehead atoms. The van der Waals surface area contributed by atoms with Crippen molar-refractivity contribution < 1.29 is 23.9 Å². The molecule has 1 aromatic rings. The zero-order chi connectivity index (χ0) is 22.4. The molecule has 1 aromatic heterocycles. The van der Waals surface area contributed by atoms with Crippen LogP contribution in [0, 0.1) is 13.8 Å². The molecule has 0 aliphatic heterocycles. The first-order chi connectivity index (χ1) is 13.5. The molecule has 1 N–H and O–H groups in total. The number of amides is 2. The molecule has 0 fully saturated rings. The molecule has 1 rings (SSSR count). The third-order valence-electron chi connectivity index (χ3n) is 4.50. The van der Waals surface area contributed by atoms with E-state index in [1.54, 1.807) is 32.4 Å². The van der Waals surface area contributed by atoms with Gasteiger partial charge in [0, 0.05) is 37.0 Å². The van der Waals surface area contributed by atoms with Gasteiger partial charge in [-0.2, -0.15) is 0 Å². The van der Waals surface area contributed by atoms with Crippen LogP contribution in [0.5, 0.6) is 0 Å². The Labute approximate surface area is 173 Å². The second kappa shape index (κ2) is 10.4. The highest BCUT2D eigenvalue weighted by Gasteiger charge is 2.29. The van der Waals surface area contributed by atoms with Crippen LogP contribution in [-0.2, 0) is 16.0 Å². The standard InChI is InChI=1S/C21H35N3O5/c1-9-24-15(4)17(14(3)18(24)19(26)29-10-2)16(25)13-23(11-12-28-8)20(27)22-21(5,6)7/h9-13H2,1-8H3,(H,22,27). The lowest BCUT2D eigenvalue weighted by Gasteiger charge is -2.28. The van der Waals surface area contributed by atoms with Gasteiger partial charge >= 0.3 is 12.0 Å². The molecule has 8 heteroatoms. The molecule has 29 heavy (non-hydrogen) atoms. The summed E-state index contributed by atoms with van der Waals surface area (Å²) in [6.07, 6.45) is 0. The zero-order valence-electron chi connectivity index (χ0n) is 19.0. The summed E-state index contributed by atoms with van der Waals surface area (Å²) < 4.78 is 12.0. The Bertz CT molecular complexity index is 746. The quantitative estimate of drug-likeness (QED) is 0.500. The van der Waals surface area contributed by atoms with Crippen molar-refractivity contribution in [3.05, 3.63) is 22.5 Å². The summed E-state index contributed by atoms with van der Waals surface area (Å²) in [4.78, 5) is 39.7. The maximum absolute atomic E-state index is 13.2. The number of ketones is 1. The van der Waals surface area contributed by atoms with Gasteiger partial charge in [0.1, 0.15) is 5.69 Å². The molecule has 0 aliphatic rings. The van der Waals surface area contributed by atoms with Crippen LogP contribution in [0.4, 0.5) is 4.79 Å². The zero-order valence-corrected chi connectivity index (χ0v) is 19.0. The van der Waals surface area contributed by atoms with Crippen LogP contribution in [0.15, 0.2) is 0 Å². The fourth-order valence-corrected chi connectivity index (χ4v) is 3.27. The molecule has 2 amide bonds. The van der Waals surface area contributed by atoms with Crippen molar-refractivity contribution in [2.24, 2.45) is 0 Å². The van der Waals surface area contributed by atoms with E-state index in [0.29, 0.717) is 35.7 Å². The van der Waals surface area contributed by atoms with Crippen LogP contribution < -0.4 is 5.32 Å². The molecular weight excluding hydrogens is 374 g/mol. The van der Waals surface area contributed by atoms with Crippen LogP contribution in [0.25, 0.3) is 0 Å². The number of rotatable bonds is 9. The number of methoxy groups -OCH3 is 1. The van der Waals surface area contributed by atoms with E-state index in [2.05, 4.69) is 5.32 Å². The maximum atomic E-state index is 13.2. The van der Waals surface area contributed by atoms with Gasteiger partial charge in [0.15, 0.2) is 5.78 Å². The predicted molar refractivity (Wildman–Crippen MR) is 112 cm³/mol. The third-order valence-corrected chi connectivity index (χ3v) is 4.50. The molecule has 0 saturated heterocycles. The molecule has 0 saturated carbocycles. The van der Waals surface area contributed by atoms with E-state index in [4.69, 9.17) is 9.47 Å². The van der Waals surface area contributed by atoms with E-state index in [1.807, 2.05) is 27.7 Å². The van der Waals surface area contributed by atoms with Gasteiger partial charge in [0.2, 0.25) is 0 Å². The monoisotopic (exact) mass is 409 g/mol. The summed E-state index contributed by atoms with van der Waals surface area (Å²) in [6, 6.07) is -0.334. The number of carbonyl (C=O) groups is 3. The fraction of sp³-hybridized carbons (Fsp3) is 0.667. The summed E-state index contributed by atoms with van der Waals surface area (Å²) in [6.45, 7) is 14.1.